The zero-order chi connectivity index (χ0) is 23.7. The van der Waals surface area contributed by atoms with Crippen LogP contribution < -0.4 is 9.46 Å². The van der Waals surface area contributed by atoms with Crippen LogP contribution in [0.4, 0.5) is 5.69 Å². The lowest BCUT2D eigenvalue weighted by atomic mass is 9.86. The summed E-state index contributed by atoms with van der Waals surface area (Å²) in [4.78, 5) is 12.7. The normalized spacial score (nSPS) is 11.8. The molecule has 0 radical (unpaired) electrons. The molecule has 0 atom stereocenters. The zero-order valence-corrected chi connectivity index (χ0v) is 20.4. The van der Waals surface area contributed by atoms with Crippen molar-refractivity contribution in [3.8, 4) is 5.75 Å². The number of rotatable bonds is 6. The maximum Gasteiger partial charge on any atom is 0.263 e. The molecule has 0 saturated carbocycles. The minimum Gasteiger partial charge on any atom is -0.495 e. The van der Waals surface area contributed by atoms with Crippen molar-refractivity contribution in [1.29, 1.82) is 0 Å². The summed E-state index contributed by atoms with van der Waals surface area (Å²) in [7, 11) is -2.65. The van der Waals surface area contributed by atoms with Crippen molar-refractivity contribution < 1.29 is 17.9 Å². The number of ketones is 1. The number of benzene rings is 3. The Bertz CT molecular complexity index is 1260. The predicted octanol–water partition coefficient (Wildman–Crippen LogP) is 6.33. The molecule has 0 unspecified atom stereocenters. The molecule has 0 spiro atoms. The van der Waals surface area contributed by atoms with Gasteiger partial charge < -0.3 is 4.74 Å². The molecule has 0 saturated heterocycles. The zero-order valence-electron chi connectivity index (χ0n) is 18.1. The van der Waals surface area contributed by atoms with Crippen molar-refractivity contribution in [2.45, 2.75) is 31.1 Å². The van der Waals surface area contributed by atoms with Crippen LogP contribution in [0.15, 0.2) is 65.6 Å². The van der Waals surface area contributed by atoms with Crippen molar-refractivity contribution in [2.24, 2.45) is 0 Å². The molecule has 8 heteroatoms. The van der Waals surface area contributed by atoms with E-state index in [1.165, 1.54) is 25.3 Å². The standard InChI is InChI=1S/C24H23Cl2NO4S/c1-24(2,3)17-10-8-15(9-11-17)23(28)16-6-5-7-18(14-16)27-32(29,30)20-13-12-19(31-4)21(25)22(20)26/h5-14,27H,1-4H3. The second-order valence-corrected chi connectivity index (χ2v) is 10.6. The van der Waals surface area contributed by atoms with Crippen LogP contribution in [0.25, 0.3) is 0 Å². The Hall–Kier alpha value is -2.54. The molecule has 0 aromatic heterocycles. The van der Waals surface area contributed by atoms with Gasteiger partial charge in [0.25, 0.3) is 10.0 Å². The van der Waals surface area contributed by atoms with Crippen molar-refractivity contribution in [3.05, 3.63) is 87.4 Å². The van der Waals surface area contributed by atoms with Crippen LogP contribution in [0, 0.1) is 0 Å². The molecule has 32 heavy (non-hydrogen) atoms. The first-order valence-corrected chi connectivity index (χ1v) is 12.0. The number of nitrogens with one attached hydrogen (secondary N) is 1. The van der Waals surface area contributed by atoms with Crippen molar-refractivity contribution in [1.82, 2.24) is 0 Å². The summed E-state index contributed by atoms with van der Waals surface area (Å²) < 4.78 is 33.3. The molecule has 0 amide bonds. The Morgan fingerprint density at radius 2 is 1.56 bits per heavy atom. The first-order valence-electron chi connectivity index (χ1n) is 9.74. The lowest BCUT2D eigenvalue weighted by Crippen LogP contribution is -2.14. The molecule has 3 aromatic rings. The maximum absolute atomic E-state index is 12.9. The molecule has 1 N–H and O–H groups in total. The van der Waals surface area contributed by atoms with Gasteiger partial charge in [0.2, 0.25) is 0 Å². The van der Waals surface area contributed by atoms with Crippen LogP contribution in [0.2, 0.25) is 10.0 Å². The Balaban J connectivity index is 1.88. The maximum atomic E-state index is 12.9. The topological polar surface area (TPSA) is 72.5 Å². The fourth-order valence-electron chi connectivity index (χ4n) is 3.10. The number of carbonyl (C=O) groups is 1. The Morgan fingerprint density at radius 3 is 2.16 bits per heavy atom. The van der Waals surface area contributed by atoms with Crippen LogP contribution in [0.3, 0.4) is 0 Å². The number of ether oxygens (including phenoxy) is 1. The van der Waals surface area contributed by atoms with E-state index in [2.05, 4.69) is 25.5 Å². The van der Waals surface area contributed by atoms with Gasteiger partial charge in [-0.15, -0.1) is 0 Å². The third kappa shape index (κ3) is 5.09. The summed E-state index contributed by atoms with van der Waals surface area (Å²) in [6.45, 7) is 6.30. The third-order valence-corrected chi connectivity index (χ3v) is 7.31. The van der Waals surface area contributed by atoms with Crippen LogP contribution in [0.5, 0.6) is 5.75 Å². The van der Waals surface area contributed by atoms with Crippen LogP contribution in [-0.4, -0.2) is 21.3 Å². The summed E-state index contributed by atoms with van der Waals surface area (Å²) in [6, 6.07) is 16.4. The van der Waals surface area contributed by atoms with Crippen molar-refractivity contribution >= 4 is 44.7 Å². The quantitative estimate of drug-likeness (QED) is 0.408. The second-order valence-electron chi connectivity index (χ2n) is 8.24. The molecule has 0 aliphatic rings. The smallest absolute Gasteiger partial charge is 0.263 e. The Labute approximate surface area is 198 Å². The molecular formula is C24H23Cl2NO4S. The van der Waals surface area contributed by atoms with E-state index in [1.54, 1.807) is 30.3 Å². The molecule has 5 nitrogen and oxygen atoms in total. The first-order chi connectivity index (χ1) is 14.9. The molecule has 0 heterocycles. The molecule has 0 fully saturated rings. The number of sulfonamides is 1. The number of carbonyl (C=O) groups excluding carboxylic acids is 1. The van der Waals surface area contributed by atoms with Gasteiger partial charge >= 0.3 is 0 Å². The number of hydrogen-bond acceptors (Lipinski definition) is 4. The summed E-state index contributed by atoms with van der Waals surface area (Å²) in [6.07, 6.45) is 0. The van der Waals surface area contributed by atoms with Gasteiger partial charge in [-0.2, -0.15) is 0 Å². The fourth-order valence-corrected chi connectivity index (χ4v) is 4.99. The first kappa shape index (κ1) is 24.1. The van der Waals surface area contributed by atoms with E-state index in [1.807, 2.05) is 12.1 Å². The van der Waals surface area contributed by atoms with Crippen LogP contribution in [0.1, 0.15) is 42.3 Å². The second kappa shape index (κ2) is 9.14. The highest BCUT2D eigenvalue weighted by molar-refractivity contribution is 7.92. The summed E-state index contributed by atoms with van der Waals surface area (Å²) in [5.41, 5.74) is 2.19. The molecule has 0 aliphatic carbocycles. The highest BCUT2D eigenvalue weighted by Crippen LogP contribution is 2.37. The van der Waals surface area contributed by atoms with Crippen LogP contribution >= 0.6 is 23.2 Å². The average Bonchev–Trinajstić information content (AvgIpc) is 2.74. The molecule has 3 aromatic carbocycles. The van der Waals surface area contributed by atoms with Crippen molar-refractivity contribution in [2.75, 3.05) is 11.8 Å². The van der Waals surface area contributed by atoms with Gasteiger partial charge in [-0.1, -0.05) is 80.4 Å². The highest BCUT2D eigenvalue weighted by Gasteiger charge is 2.22. The largest absolute Gasteiger partial charge is 0.495 e. The minimum atomic E-state index is -4.05. The van der Waals surface area contributed by atoms with E-state index >= 15 is 0 Å². The SMILES string of the molecule is COc1ccc(S(=O)(=O)Nc2cccc(C(=O)c3ccc(C(C)(C)C)cc3)c2)c(Cl)c1Cl. The highest BCUT2D eigenvalue weighted by atomic mass is 35.5. The van der Waals surface area contributed by atoms with Gasteiger partial charge in [0, 0.05) is 16.8 Å². The van der Waals surface area contributed by atoms with Gasteiger partial charge in [0.05, 0.1) is 12.1 Å². The lowest BCUT2D eigenvalue weighted by molar-refractivity contribution is 0.103. The molecule has 0 bridgehead atoms. The van der Waals surface area contributed by atoms with Gasteiger partial charge in [-0.3, -0.25) is 9.52 Å². The van der Waals surface area contributed by atoms with E-state index in [9.17, 15) is 13.2 Å². The van der Waals surface area contributed by atoms with Gasteiger partial charge in [-0.25, -0.2) is 8.42 Å². The fraction of sp³-hybridized carbons (Fsp3) is 0.208. The molecule has 168 valence electrons. The average molecular weight is 492 g/mol. The molecule has 3 rings (SSSR count). The van der Waals surface area contributed by atoms with E-state index in [4.69, 9.17) is 27.9 Å². The van der Waals surface area contributed by atoms with E-state index < -0.39 is 10.0 Å². The third-order valence-electron chi connectivity index (χ3n) is 4.91. The van der Waals surface area contributed by atoms with Gasteiger partial charge in [0.1, 0.15) is 15.7 Å². The molecule has 0 aliphatic heterocycles. The number of methoxy groups -OCH3 is 1. The number of anilines is 1. The summed E-state index contributed by atoms with van der Waals surface area (Å²) in [5, 5.41) is -0.149. The van der Waals surface area contributed by atoms with E-state index in [-0.39, 0.29) is 37.6 Å². The lowest BCUT2D eigenvalue weighted by Gasteiger charge is -2.19. The summed E-state index contributed by atoms with van der Waals surface area (Å²) >= 11 is 12.2. The van der Waals surface area contributed by atoms with Crippen LogP contribution in [-0.2, 0) is 15.4 Å². The predicted molar refractivity (Wildman–Crippen MR) is 129 cm³/mol. The van der Waals surface area contributed by atoms with Crippen molar-refractivity contribution in [3.63, 3.8) is 0 Å². The number of halogens is 2. The monoisotopic (exact) mass is 491 g/mol. The summed E-state index contributed by atoms with van der Waals surface area (Å²) in [5.74, 6) is 0.0534. The van der Waals surface area contributed by atoms with E-state index in [0.717, 1.165) is 5.56 Å². The van der Waals surface area contributed by atoms with E-state index in [0.29, 0.717) is 11.1 Å². The van der Waals surface area contributed by atoms with Gasteiger partial charge in [-0.05, 0) is 35.2 Å². The Morgan fingerprint density at radius 1 is 0.906 bits per heavy atom. The minimum absolute atomic E-state index is 0.000302. The van der Waals surface area contributed by atoms with Gasteiger partial charge in [0.15, 0.2) is 5.78 Å². The number of hydrogen-bond donors (Lipinski definition) is 1. The molecular weight excluding hydrogens is 469 g/mol. The Kier molecular flexibility index (Phi) is 6.89.